The minimum atomic E-state index is -0.783. The van der Waals surface area contributed by atoms with Crippen LogP contribution in [0, 0.1) is 0 Å². The van der Waals surface area contributed by atoms with Gasteiger partial charge in [-0.2, -0.15) is 0 Å². The average molecular weight is 386 g/mol. The fraction of sp³-hybridized carbons (Fsp3) is 0.200. The third-order valence-corrected chi connectivity index (χ3v) is 5.09. The molecule has 1 aliphatic rings. The Bertz CT molecular complexity index is 1090. The number of halogens is 1. The number of carbonyl (C=O) groups excluding carboxylic acids is 1. The molecule has 2 heterocycles. The minimum Gasteiger partial charge on any atom is -0.493 e. The summed E-state index contributed by atoms with van der Waals surface area (Å²) in [5.74, 6) is 0.734. The Labute approximate surface area is 159 Å². The van der Waals surface area contributed by atoms with Gasteiger partial charge in [0.05, 0.1) is 20.3 Å². The number of anilines is 1. The van der Waals surface area contributed by atoms with E-state index in [1.807, 2.05) is 12.1 Å². The molecule has 2 atom stereocenters. The predicted molar refractivity (Wildman–Crippen MR) is 102 cm³/mol. The van der Waals surface area contributed by atoms with Gasteiger partial charge in [0.2, 0.25) is 5.91 Å². The molecule has 7 heteroatoms. The van der Waals surface area contributed by atoms with E-state index in [2.05, 4.69) is 0 Å². The van der Waals surface area contributed by atoms with Crippen LogP contribution in [0.2, 0.25) is 0 Å². The summed E-state index contributed by atoms with van der Waals surface area (Å²) in [5.41, 5.74) is 0.774. The molecule has 1 aromatic heterocycles. The highest BCUT2D eigenvalue weighted by atomic mass is 35.5. The van der Waals surface area contributed by atoms with E-state index < -0.39 is 17.0 Å². The van der Waals surface area contributed by atoms with Crippen LogP contribution in [0.1, 0.15) is 11.6 Å². The fourth-order valence-corrected chi connectivity index (χ4v) is 3.66. The third-order valence-electron chi connectivity index (χ3n) is 4.66. The molecule has 0 N–H and O–H groups in total. The van der Waals surface area contributed by atoms with E-state index in [0.717, 1.165) is 10.9 Å². The summed E-state index contributed by atoms with van der Waals surface area (Å²) < 4.78 is 15.9. The first-order valence-corrected chi connectivity index (χ1v) is 8.70. The quantitative estimate of drug-likeness (QED) is 0.390. The highest BCUT2D eigenvalue weighted by Crippen LogP contribution is 2.43. The van der Waals surface area contributed by atoms with Crippen molar-refractivity contribution in [3.8, 4) is 11.5 Å². The lowest BCUT2D eigenvalue weighted by Gasteiger charge is -2.43. The molecule has 0 spiro atoms. The lowest BCUT2D eigenvalue weighted by molar-refractivity contribution is -0.123. The Kier molecular flexibility index (Phi) is 4.28. The Balaban J connectivity index is 1.80. The number of hydrogen-bond donors (Lipinski definition) is 0. The fourth-order valence-electron chi connectivity index (χ4n) is 3.30. The monoisotopic (exact) mass is 385 g/mol. The number of nitrogens with zero attached hydrogens (tertiary/aromatic N) is 1. The van der Waals surface area contributed by atoms with Gasteiger partial charge in [-0.15, -0.1) is 11.6 Å². The van der Waals surface area contributed by atoms with Crippen molar-refractivity contribution in [2.45, 2.75) is 11.4 Å². The van der Waals surface area contributed by atoms with E-state index in [1.54, 1.807) is 43.5 Å². The number of benzene rings is 2. The maximum absolute atomic E-state index is 12.5. The first kappa shape index (κ1) is 17.4. The van der Waals surface area contributed by atoms with Crippen LogP contribution in [0.4, 0.5) is 5.69 Å². The number of rotatable bonds is 4. The molecule has 0 radical (unpaired) electrons. The van der Waals surface area contributed by atoms with Crippen LogP contribution < -0.4 is 20.0 Å². The van der Waals surface area contributed by atoms with Crippen molar-refractivity contribution >= 4 is 34.2 Å². The minimum absolute atomic E-state index is 0.162. The highest BCUT2D eigenvalue weighted by molar-refractivity contribution is 6.37. The average Bonchev–Trinajstić information content (AvgIpc) is 2.70. The van der Waals surface area contributed by atoms with Gasteiger partial charge in [-0.25, -0.2) is 4.79 Å². The number of amides is 1. The molecular formula is C20H16ClNO5. The number of carbonyl (C=O) groups is 1. The van der Waals surface area contributed by atoms with E-state index in [9.17, 15) is 9.59 Å². The number of methoxy groups -OCH3 is 2. The van der Waals surface area contributed by atoms with Crippen LogP contribution in [-0.2, 0) is 4.79 Å². The van der Waals surface area contributed by atoms with Crippen molar-refractivity contribution in [2.75, 3.05) is 19.1 Å². The van der Waals surface area contributed by atoms with Gasteiger partial charge in [0.1, 0.15) is 16.6 Å². The molecule has 3 aromatic rings. The van der Waals surface area contributed by atoms with E-state index in [-0.39, 0.29) is 11.6 Å². The van der Waals surface area contributed by atoms with Crippen LogP contribution >= 0.6 is 11.6 Å². The van der Waals surface area contributed by atoms with Gasteiger partial charge in [-0.3, -0.25) is 9.69 Å². The van der Waals surface area contributed by atoms with E-state index >= 15 is 0 Å². The van der Waals surface area contributed by atoms with Crippen molar-refractivity contribution < 1.29 is 18.7 Å². The molecule has 0 saturated carbocycles. The Morgan fingerprint density at radius 1 is 1.00 bits per heavy atom. The molecule has 1 aliphatic heterocycles. The summed E-state index contributed by atoms with van der Waals surface area (Å²) >= 11 is 6.29. The molecule has 4 rings (SSSR count). The Morgan fingerprint density at radius 3 is 2.48 bits per heavy atom. The van der Waals surface area contributed by atoms with Gasteiger partial charge in [0.25, 0.3) is 0 Å². The van der Waals surface area contributed by atoms with Crippen LogP contribution in [0.25, 0.3) is 11.0 Å². The predicted octanol–water partition coefficient (Wildman–Crippen LogP) is 3.51. The normalized spacial score (nSPS) is 19.1. The number of alkyl halides is 1. The van der Waals surface area contributed by atoms with Crippen LogP contribution in [0.15, 0.2) is 57.7 Å². The maximum Gasteiger partial charge on any atom is 0.360 e. The second-order valence-electron chi connectivity index (χ2n) is 6.13. The first-order chi connectivity index (χ1) is 13.0. The van der Waals surface area contributed by atoms with Crippen LogP contribution in [0.3, 0.4) is 0 Å². The summed E-state index contributed by atoms with van der Waals surface area (Å²) in [7, 11) is 3.07. The first-order valence-electron chi connectivity index (χ1n) is 8.27. The summed E-state index contributed by atoms with van der Waals surface area (Å²) in [6.45, 7) is 0. The number of hydrogen-bond acceptors (Lipinski definition) is 5. The molecular weight excluding hydrogens is 370 g/mol. The SMILES string of the molecule is COc1ccc(C2C(Cl)C(=O)N2c2cc3ccccc3oc2=O)cc1OC. The third kappa shape index (κ3) is 2.73. The summed E-state index contributed by atoms with van der Waals surface area (Å²) in [4.78, 5) is 26.3. The molecule has 2 aromatic carbocycles. The lowest BCUT2D eigenvalue weighted by Crippen LogP contribution is -2.57. The standard InChI is InChI=1S/C20H16ClNO5/c1-25-15-8-7-12(10-16(15)26-2)18-17(21)19(23)22(18)13-9-11-5-3-4-6-14(11)27-20(13)24/h3-10,17-18H,1-2H3. The van der Waals surface area contributed by atoms with Gasteiger partial charge in [-0.05, 0) is 29.8 Å². The van der Waals surface area contributed by atoms with Crippen molar-refractivity contribution in [3.05, 3.63) is 64.5 Å². The lowest BCUT2D eigenvalue weighted by atomic mass is 9.92. The smallest absolute Gasteiger partial charge is 0.360 e. The Hall–Kier alpha value is -2.99. The molecule has 0 bridgehead atoms. The number of β-lactam (4-membered cyclic amide) rings is 1. The second-order valence-corrected chi connectivity index (χ2v) is 6.60. The number of ether oxygens (including phenoxy) is 2. The molecule has 27 heavy (non-hydrogen) atoms. The van der Waals surface area contributed by atoms with Gasteiger partial charge in [0, 0.05) is 5.39 Å². The van der Waals surface area contributed by atoms with Crippen LogP contribution in [-0.4, -0.2) is 25.5 Å². The molecule has 1 amide bonds. The summed E-state index contributed by atoms with van der Waals surface area (Å²) in [6, 6.07) is 13.6. The second kappa shape index (κ2) is 6.63. The van der Waals surface area contributed by atoms with Crippen molar-refractivity contribution in [1.82, 2.24) is 0 Å². The van der Waals surface area contributed by atoms with E-state index in [4.69, 9.17) is 25.5 Å². The van der Waals surface area contributed by atoms with Crippen molar-refractivity contribution in [3.63, 3.8) is 0 Å². The van der Waals surface area contributed by atoms with Gasteiger partial charge in [-0.1, -0.05) is 24.3 Å². The molecule has 6 nitrogen and oxygen atoms in total. The number of fused-ring (bicyclic) bond motifs is 1. The summed E-state index contributed by atoms with van der Waals surface area (Å²) in [5, 5.41) is -0.0574. The van der Waals surface area contributed by atoms with E-state index in [0.29, 0.717) is 17.1 Å². The largest absolute Gasteiger partial charge is 0.493 e. The van der Waals surface area contributed by atoms with Gasteiger partial charge >= 0.3 is 5.63 Å². The van der Waals surface area contributed by atoms with Gasteiger partial charge in [0.15, 0.2) is 11.5 Å². The zero-order valence-electron chi connectivity index (χ0n) is 14.6. The van der Waals surface area contributed by atoms with Crippen molar-refractivity contribution in [2.24, 2.45) is 0 Å². The molecule has 2 unspecified atom stereocenters. The Morgan fingerprint density at radius 2 is 1.74 bits per heavy atom. The number of para-hydroxylation sites is 1. The molecule has 0 aliphatic carbocycles. The molecule has 1 saturated heterocycles. The zero-order chi connectivity index (χ0) is 19.1. The molecule has 1 fully saturated rings. The zero-order valence-corrected chi connectivity index (χ0v) is 15.4. The highest BCUT2D eigenvalue weighted by Gasteiger charge is 2.49. The van der Waals surface area contributed by atoms with Gasteiger partial charge < -0.3 is 13.9 Å². The van der Waals surface area contributed by atoms with Crippen molar-refractivity contribution in [1.29, 1.82) is 0 Å². The van der Waals surface area contributed by atoms with E-state index in [1.165, 1.54) is 12.0 Å². The topological polar surface area (TPSA) is 69.0 Å². The maximum atomic E-state index is 12.5. The summed E-state index contributed by atoms with van der Waals surface area (Å²) in [6.07, 6.45) is 0. The van der Waals surface area contributed by atoms with Crippen LogP contribution in [0.5, 0.6) is 11.5 Å². The molecule has 138 valence electrons.